The lowest BCUT2D eigenvalue weighted by Crippen LogP contribution is -2.46. The standard InChI is InChI=1S/C18H22N2O.C12H15F.C11H21N3O3.C4H8N2.C2H6.CH3F/c1-15-3-5-16(6-4-15)19-11-13-20(14-12-19)17-7-9-18(21-2)10-8-17;1-12(8-2-3-9-12)10-4-6-11(13)7-5-10;1-5-10(8(3)17-11(16)7-12)14(9(4)15)13-6-2;1-3-6-4-5-2;2*1-2/h3-10H,11-14H2,1-2H3;4-7H,2-3,8-9H2,1H3;6,8,10H,5,7,12H2,1-4H3;3-4H,1-2H3;1-2H3;1H3/b;;13-6-;;;/t;;8-,10-;;;/m..0.../s1. The Bertz CT molecular complexity index is 1660. The van der Waals surface area contributed by atoms with E-state index in [1.807, 2.05) is 52.0 Å². The highest BCUT2D eigenvalue weighted by atomic mass is 19.1. The first-order valence-electron chi connectivity index (χ1n) is 21.3. The molecule has 1 saturated carbocycles. The predicted octanol–water partition coefficient (Wildman–Crippen LogP) is 9.84. The van der Waals surface area contributed by atoms with Gasteiger partial charge in [-0.05, 0) is 106 Å². The van der Waals surface area contributed by atoms with Gasteiger partial charge in [0.05, 0.1) is 26.9 Å². The topological polar surface area (TPSA) is 125 Å². The van der Waals surface area contributed by atoms with E-state index in [1.54, 1.807) is 46.4 Å². The Labute approximate surface area is 366 Å². The molecule has 0 aromatic heterocycles. The van der Waals surface area contributed by atoms with Gasteiger partial charge in [0.1, 0.15) is 24.0 Å². The molecule has 3 aromatic carbocycles. The molecule has 340 valence electrons. The van der Waals surface area contributed by atoms with Crippen LogP contribution in [0.2, 0.25) is 0 Å². The molecule has 1 saturated heterocycles. The molecular formula is C48H75F2N7O4. The summed E-state index contributed by atoms with van der Waals surface area (Å²) in [6.45, 7) is 21.1. The zero-order chi connectivity index (χ0) is 46.2. The van der Waals surface area contributed by atoms with Crippen LogP contribution in [0.1, 0.15) is 98.6 Å². The van der Waals surface area contributed by atoms with Crippen molar-refractivity contribution in [3.63, 3.8) is 0 Å². The van der Waals surface area contributed by atoms with Gasteiger partial charge in [0.15, 0.2) is 0 Å². The van der Waals surface area contributed by atoms with Crippen LogP contribution in [0.15, 0.2) is 87.9 Å². The number of nitrogens with two attached hydrogens (primary N) is 1. The first-order chi connectivity index (χ1) is 29.4. The van der Waals surface area contributed by atoms with Crippen LogP contribution in [0.25, 0.3) is 0 Å². The van der Waals surface area contributed by atoms with Crippen LogP contribution in [0.3, 0.4) is 0 Å². The Morgan fingerprint density at radius 1 is 0.885 bits per heavy atom. The molecule has 0 spiro atoms. The summed E-state index contributed by atoms with van der Waals surface area (Å²) in [6.07, 6.45) is 10.0. The van der Waals surface area contributed by atoms with Gasteiger partial charge in [-0.2, -0.15) is 5.10 Å². The molecular weight excluding hydrogens is 777 g/mol. The van der Waals surface area contributed by atoms with Crippen LogP contribution in [0, 0.1) is 12.7 Å². The molecule has 11 nitrogen and oxygen atoms in total. The molecule has 2 atom stereocenters. The summed E-state index contributed by atoms with van der Waals surface area (Å²) in [6, 6.07) is 23.9. The maximum absolute atomic E-state index is 12.7. The lowest BCUT2D eigenvalue weighted by molar-refractivity contribution is -0.153. The van der Waals surface area contributed by atoms with E-state index in [4.69, 9.17) is 15.2 Å². The molecule has 61 heavy (non-hydrogen) atoms. The predicted molar refractivity (Wildman–Crippen MR) is 253 cm³/mol. The number of benzene rings is 3. The molecule has 1 aliphatic heterocycles. The number of aryl methyl sites for hydroxylation is 1. The van der Waals surface area contributed by atoms with Gasteiger partial charge in [-0.3, -0.25) is 24.0 Å². The van der Waals surface area contributed by atoms with Gasteiger partial charge in [0.2, 0.25) is 5.91 Å². The van der Waals surface area contributed by atoms with Gasteiger partial charge in [0, 0.05) is 64.0 Å². The quantitative estimate of drug-likeness (QED) is 0.0882. The number of ether oxygens (including phenoxy) is 2. The minimum Gasteiger partial charge on any atom is -0.497 e. The lowest BCUT2D eigenvalue weighted by Gasteiger charge is -2.37. The van der Waals surface area contributed by atoms with Gasteiger partial charge in [0.25, 0.3) is 0 Å². The Morgan fingerprint density at radius 3 is 1.75 bits per heavy atom. The van der Waals surface area contributed by atoms with Crippen molar-refractivity contribution in [3.05, 3.63) is 89.7 Å². The number of amides is 1. The molecule has 2 fully saturated rings. The maximum atomic E-state index is 12.7. The van der Waals surface area contributed by atoms with Crippen LogP contribution in [0.5, 0.6) is 5.75 Å². The van der Waals surface area contributed by atoms with E-state index < -0.39 is 12.1 Å². The molecule has 1 heterocycles. The monoisotopic (exact) mass is 852 g/mol. The van der Waals surface area contributed by atoms with Crippen LogP contribution in [-0.4, -0.2) is 102 Å². The number of hydrazone groups is 1. The highest BCUT2D eigenvalue weighted by Crippen LogP contribution is 2.40. The van der Waals surface area contributed by atoms with Gasteiger partial charge in [-0.15, -0.1) is 0 Å². The number of carbonyl (C=O) groups excluding carboxylic acids is 2. The number of aliphatic imine (C=N–C) groups is 2. The first kappa shape index (κ1) is 55.8. The molecule has 13 heteroatoms. The number of nitrogens with zero attached hydrogens (tertiary/aromatic N) is 6. The van der Waals surface area contributed by atoms with Gasteiger partial charge in [-0.1, -0.05) is 70.4 Å². The zero-order valence-electron chi connectivity index (χ0n) is 39.0. The number of esters is 1. The molecule has 5 rings (SSSR count). The second kappa shape index (κ2) is 32.6. The van der Waals surface area contributed by atoms with Crippen LogP contribution in [0.4, 0.5) is 20.2 Å². The summed E-state index contributed by atoms with van der Waals surface area (Å²) in [5.41, 5.74) is 10.7. The highest BCUT2D eigenvalue weighted by Gasteiger charge is 2.30. The molecule has 2 aliphatic rings. The van der Waals surface area contributed by atoms with E-state index in [-0.39, 0.29) is 24.3 Å². The van der Waals surface area contributed by atoms with Crippen LogP contribution < -0.4 is 20.3 Å². The van der Waals surface area contributed by atoms with E-state index in [9.17, 15) is 18.4 Å². The minimum atomic E-state index is -0.486. The summed E-state index contributed by atoms with van der Waals surface area (Å²) in [7, 11) is 3.89. The van der Waals surface area contributed by atoms with Crippen molar-refractivity contribution in [2.45, 2.75) is 112 Å². The average molecular weight is 852 g/mol. The molecule has 1 aliphatic carbocycles. The first-order valence-corrected chi connectivity index (χ1v) is 21.3. The number of alkyl halides is 1. The van der Waals surface area contributed by atoms with E-state index in [2.05, 4.69) is 75.1 Å². The summed E-state index contributed by atoms with van der Waals surface area (Å²) >= 11 is 0. The fraction of sp³-hybridized carbons (Fsp3) is 0.521. The second-order valence-electron chi connectivity index (χ2n) is 14.2. The number of halogens is 2. The Balaban J connectivity index is 0.000000813. The van der Waals surface area contributed by atoms with Crippen molar-refractivity contribution in [2.24, 2.45) is 20.8 Å². The average Bonchev–Trinajstić information content (AvgIpc) is 3.75. The highest BCUT2D eigenvalue weighted by molar-refractivity contribution is 5.75. The Morgan fingerprint density at radius 2 is 1.38 bits per heavy atom. The van der Waals surface area contributed by atoms with Gasteiger partial charge in [-0.25, -0.2) is 9.40 Å². The molecule has 0 unspecified atom stereocenters. The third-order valence-corrected chi connectivity index (χ3v) is 10.0. The zero-order valence-corrected chi connectivity index (χ0v) is 39.0. The number of rotatable bonds is 11. The van der Waals surface area contributed by atoms with E-state index in [0.29, 0.717) is 19.0 Å². The van der Waals surface area contributed by atoms with Gasteiger partial charge >= 0.3 is 5.97 Å². The number of hydrogen-bond acceptors (Lipinski definition) is 9. The molecule has 1 amide bonds. The van der Waals surface area contributed by atoms with Gasteiger partial charge < -0.3 is 25.0 Å². The summed E-state index contributed by atoms with van der Waals surface area (Å²) in [5.74, 6) is 0.105. The number of anilines is 2. The molecule has 3 aromatic rings. The van der Waals surface area contributed by atoms with Crippen molar-refractivity contribution >= 4 is 42.0 Å². The third-order valence-electron chi connectivity index (χ3n) is 10.0. The van der Waals surface area contributed by atoms with Crippen LogP contribution in [-0.2, 0) is 19.7 Å². The maximum Gasteiger partial charge on any atom is 0.320 e. The number of carbonyl (C=O) groups is 2. The molecule has 0 radical (unpaired) electrons. The van der Waals surface area contributed by atoms with Crippen molar-refractivity contribution in [1.29, 1.82) is 0 Å². The second-order valence-corrected chi connectivity index (χ2v) is 14.2. The lowest BCUT2D eigenvalue weighted by atomic mass is 9.81. The number of hydrogen-bond donors (Lipinski definition) is 1. The van der Waals surface area contributed by atoms with E-state index in [0.717, 1.165) is 31.9 Å². The summed E-state index contributed by atoms with van der Waals surface area (Å²) in [5, 5.41) is 5.31. The van der Waals surface area contributed by atoms with E-state index in [1.165, 1.54) is 72.7 Å². The van der Waals surface area contributed by atoms with Crippen LogP contribution >= 0.6 is 0 Å². The normalized spacial score (nSPS) is 14.9. The third kappa shape index (κ3) is 20.8. The van der Waals surface area contributed by atoms with Crippen molar-refractivity contribution in [2.75, 3.05) is 63.9 Å². The number of methoxy groups -OCH3 is 1. The van der Waals surface area contributed by atoms with Crippen molar-refractivity contribution < 1.29 is 27.8 Å². The Kier molecular flexibility index (Phi) is 29.8. The fourth-order valence-corrected chi connectivity index (χ4v) is 6.76. The number of piperazine rings is 1. The largest absolute Gasteiger partial charge is 0.497 e. The summed E-state index contributed by atoms with van der Waals surface area (Å²) < 4.78 is 32.5. The van der Waals surface area contributed by atoms with Crippen molar-refractivity contribution in [1.82, 2.24) is 5.01 Å². The molecule has 0 bridgehead atoms. The smallest absolute Gasteiger partial charge is 0.320 e. The minimum absolute atomic E-state index is 0.134. The summed E-state index contributed by atoms with van der Waals surface area (Å²) in [4.78, 5) is 34.7. The van der Waals surface area contributed by atoms with Crippen molar-refractivity contribution in [3.8, 4) is 5.75 Å². The fourth-order valence-electron chi connectivity index (χ4n) is 6.76. The Hall–Kier alpha value is -5.17. The SMILES string of the molecule is C/C=N\N(C(C)=O)[C@@H](CC)[C@H](C)OC(=O)CN.CC.CC1(c2ccc(F)cc2)CCCC1.CC=NC=NC.CF.COc1ccc(N2CCN(c3ccc(C)cc3)CC2)cc1. The van der Waals surface area contributed by atoms with E-state index >= 15 is 0 Å². The molecule has 2 N–H and O–H groups in total.